The molecule has 0 saturated heterocycles. The molecule has 0 saturated carbocycles. The summed E-state index contributed by atoms with van der Waals surface area (Å²) >= 11 is 1.34. The van der Waals surface area contributed by atoms with Crippen LogP contribution in [0.15, 0.2) is 34.2 Å². The molecule has 2 aromatic rings. The molecule has 1 N–H and O–H groups in total. The van der Waals surface area contributed by atoms with Crippen LogP contribution in [0.5, 0.6) is 0 Å². The first kappa shape index (κ1) is 15.1. The van der Waals surface area contributed by atoms with Gasteiger partial charge in [-0.25, -0.2) is 4.98 Å². The molecule has 5 nitrogen and oxygen atoms in total. The fraction of sp³-hybridized carbons (Fsp3) is 0.267. The molecule has 0 unspecified atom stereocenters. The van der Waals surface area contributed by atoms with E-state index in [4.69, 9.17) is 0 Å². The van der Waals surface area contributed by atoms with E-state index in [2.05, 4.69) is 21.8 Å². The van der Waals surface area contributed by atoms with Crippen molar-refractivity contribution >= 4 is 17.4 Å². The standard InChI is InChI=1S/C15H16N4OS/c1-4-19(2)11-7-5-10(6-8-11)13-12(9-16)14(20)18-15(17-13)21-3/h5-8H,4H2,1-3H3,(H,17,18,20). The van der Waals surface area contributed by atoms with Crippen LogP contribution in [0.25, 0.3) is 11.3 Å². The predicted molar refractivity (Wildman–Crippen MR) is 85.7 cm³/mol. The van der Waals surface area contributed by atoms with E-state index in [9.17, 15) is 10.1 Å². The van der Waals surface area contributed by atoms with Gasteiger partial charge in [-0.1, -0.05) is 23.9 Å². The molecule has 0 fully saturated rings. The zero-order valence-electron chi connectivity index (χ0n) is 12.2. The molecule has 21 heavy (non-hydrogen) atoms. The normalized spacial score (nSPS) is 10.2. The molecule has 0 aliphatic heterocycles. The van der Waals surface area contributed by atoms with Gasteiger partial charge in [0, 0.05) is 24.8 Å². The Hall–Kier alpha value is -2.26. The number of thioether (sulfide) groups is 1. The minimum Gasteiger partial charge on any atom is -0.375 e. The van der Waals surface area contributed by atoms with Crippen LogP contribution in [0.1, 0.15) is 12.5 Å². The first-order valence-electron chi connectivity index (χ1n) is 6.50. The zero-order valence-corrected chi connectivity index (χ0v) is 13.0. The quantitative estimate of drug-likeness (QED) is 0.693. The van der Waals surface area contributed by atoms with Crippen molar-refractivity contribution in [3.8, 4) is 17.3 Å². The number of anilines is 1. The Labute approximate surface area is 127 Å². The maximum absolute atomic E-state index is 11.9. The van der Waals surface area contributed by atoms with E-state index < -0.39 is 5.56 Å². The number of hydrogen-bond donors (Lipinski definition) is 1. The molecule has 0 radical (unpaired) electrons. The van der Waals surface area contributed by atoms with E-state index in [1.54, 1.807) is 0 Å². The van der Waals surface area contributed by atoms with Crippen LogP contribution in [0, 0.1) is 11.3 Å². The molecule has 0 bridgehead atoms. The van der Waals surface area contributed by atoms with Crippen LogP contribution in [0.3, 0.4) is 0 Å². The van der Waals surface area contributed by atoms with Gasteiger partial charge in [-0.05, 0) is 25.3 Å². The summed E-state index contributed by atoms with van der Waals surface area (Å²) in [4.78, 5) is 21.0. The van der Waals surface area contributed by atoms with E-state index >= 15 is 0 Å². The number of aromatic amines is 1. The van der Waals surface area contributed by atoms with Crippen LogP contribution >= 0.6 is 11.8 Å². The van der Waals surface area contributed by atoms with Gasteiger partial charge in [0.15, 0.2) is 5.16 Å². The van der Waals surface area contributed by atoms with Crippen LogP contribution < -0.4 is 10.5 Å². The van der Waals surface area contributed by atoms with Crippen molar-refractivity contribution < 1.29 is 0 Å². The fourth-order valence-electron chi connectivity index (χ4n) is 1.92. The van der Waals surface area contributed by atoms with Crippen molar-refractivity contribution in [1.82, 2.24) is 9.97 Å². The topological polar surface area (TPSA) is 72.8 Å². The lowest BCUT2D eigenvalue weighted by atomic mass is 10.1. The SMILES string of the molecule is CCN(C)c1ccc(-c2nc(SC)[nH]c(=O)c2C#N)cc1. The number of rotatable bonds is 4. The summed E-state index contributed by atoms with van der Waals surface area (Å²) in [5.41, 5.74) is 1.91. The molecule has 1 aromatic heterocycles. The van der Waals surface area contributed by atoms with Gasteiger partial charge in [-0.3, -0.25) is 4.79 Å². The Balaban J connectivity index is 2.53. The molecule has 6 heteroatoms. The third-order valence-electron chi connectivity index (χ3n) is 3.26. The minimum atomic E-state index is -0.401. The maximum atomic E-state index is 11.9. The summed E-state index contributed by atoms with van der Waals surface area (Å²) in [7, 11) is 2.01. The summed E-state index contributed by atoms with van der Waals surface area (Å²) < 4.78 is 0. The predicted octanol–water partition coefficient (Wildman–Crippen LogP) is 2.49. The Kier molecular flexibility index (Phi) is 4.66. The van der Waals surface area contributed by atoms with Crippen molar-refractivity contribution in [2.45, 2.75) is 12.1 Å². The molecular weight excluding hydrogens is 284 g/mol. The number of benzene rings is 1. The smallest absolute Gasteiger partial charge is 0.270 e. The van der Waals surface area contributed by atoms with Crippen LogP contribution in [0.2, 0.25) is 0 Å². The average molecular weight is 300 g/mol. The zero-order chi connectivity index (χ0) is 15.4. The second-order valence-electron chi connectivity index (χ2n) is 4.47. The van der Waals surface area contributed by atoms with Gasteiger partial charge >= 0.3 is 0 Å². The first-order valence-corrected chi connectivity index (χ1v) is 7.73. The molecule has 0 atom stereocenters. The monoisotopic (exact) mass is 300 g/mol. The summed E-state index contributed by atoms with van der Waals surface area (Å²) in [5, 5.41) is 9.68. The van der Waals surface area contributed by atoms with Crippen LogP contribution in [-0.4, -0.2) is 29.8 Å². The molecular formula is C15H16N4OS. The first-order chi connectivity index (χ1) is 10.1. The highest BCUT2D eigenvalue weighted by Gasteiger charge is 2.13. The molecule has 1 heterocycles. The number of H-pyrrole nitrogens is 1. The number of nitrogens with zero attached hydrogens (tertiary/aromatic N) is 3. The second kappa shape index (κ2) is 6.46. The van der Waals surface area contributed by atoms with E-state index in [-0.39, 0.29) is 5.56 Å². The van der Waals surface area contributed by atoms with Crippen molar-refractivity contribution in [2.24, 2.45) is 0 Å². The van der Waals surface area contributed by atoms with E-state index in [1.807, 2.05) is 43.6 Å². The van der Waals surface area contributed by atoms with E-state index in [1.165, 1.54) is 11.8 Å². The van der Waals surface area contributed by atoms with Gasteiger partial charge in [0.2, 0.25) is 0 Å². The van der Waals surface area contributed by atoms with Gasteiger partial charge in [0.25, 0.3) is 5.56 Å². The Bertz CT molecular complexity index is 731. The Morgan fingerprint density at radius 2 is 2.05 bits per heavy atom. The third kappa shape index (κ3) is 3.09. The van der Waals surface area contributed by atoms with Gasteiger partial charge in [-0.2, -0.15) is 5.26 Å². The average Bonchev–Trinajstić information content (AvgIpc) is 2.53. The van der Waals surface area contributed by atoms with Gasteiger partial charge in [0.05, 0.1) is 5.69 Å². The lowest BCUT2D eigenvalue weighted by Gasteiger charge is -2.17. The highest BCUT2D eigenvalue weighted by atomic mass is 32.2. The van der Waals surface area contributed by atoms with Crippen LogP contribution in [0.4, 0.5) is 5.69 Å². The Morgan fingerprint density at radius 1 is 1.38 bits per heavy atom. The summed E-state index contributed by atoms with van der Waals surface area (Å²) in [6.45, 7) is 2.98. The third-order valence-corrected chi connectivity index (χ3v) is 3.84. The van der Waals surface area contributed by atoms with Crippen molar-refractivity contribution in [3.63, 3.8) is 0 Å². The van der Waals surface area contributed by atoms with Crippen LogP contribution in [-0.2, 0) is 0 Å². The molecule has 108 valence electrons. The fourth-order valence-corrected chi connectivity index (χ4v) is 2.30. The van der Waals surface area contributed by atoms with E-state index in [0.29, 0.717) is 10.9 Å². The molecule has 0 aliphatic carbocycles. The minimum absolute atomic E-state index is 0.0457. The van der Waals surface area contributed by atoms with Crippen molar-refractivity contribution in [1.29, 1.82) is 5.26 Å². The summed E-state index contributed by atoms with van der Waals surface area (Å²) in [6.07, 6.45) is 1.83. The molecule has 1 aromatic carbocycles. The second-order valence-corrected chi connectivity index (χ2v) is 5.27. The van der Waals surface area contributed by atoms with Crippen molar-refractivity contribution in [3.05, 3.63) is 40.2 Å². The molecule has 2 rings (SSSR count). The summed E-state index contributed by atoms with van der Waals surface area (Å²) in [5.74, 6) is 0. The van der Waals surface area contributed by atoms with Crippen molar-refractivity contribution in [2.75, 3.05) is 24.7 Å². The lowest BCUT2D eigenvalue weighted by Crippen LogP contribution is -2.16. The molecule has 0 spiro atoms. The van der Waals surface area contributed by atoms with Gasteiger partial charge in [-0.15, -0.1) is 0 Å². The van der Waals surface area contributed by atoms with Gasteiger partial charge in [0.1, 0.15) is 11.6 Å². The van der Waals surface area contributed by atoms with E-state index in [0.717, 1.165) is 17.8 Å². The largest absolute Gasteiger partial charge is 0.375 e. The lowest BCUT2D eigenvalue weighted by molar-refractivity contribution is 0.937. The number of hydrogen-bond acceptors (Lipinski definition) is 5. The highest BCUT2D eigenvalue weighted by molar-refractivity contribution is 7.98. The summed E-state index contributed by atoms with van der Waals surface area (Å²) in [6, 6.07) is 9.62. The molecule has 0 amide bonds. The number of nitrogens with one attached hydrogen (secondary N) is 1. The number of aromatic nitrogens is 2. The maximum Gasteiger partial charge on any atom is 0.270 e. The Morgan fingerprint density at radius 3 is 2.57 bits per heavy atom. The molecule has 0 aliphatic rings. The van der Waals surface area contributed by atoms with Gasteiger partial charge < -0.3 is 9.88 Å². The highest BCUT2D eigenvalue weighted by Crippen LogP contribution is 2.23. The number of nitriles is 1.